The third kappa shape index (κ3) is 6.84. The monoisotopic (exact) mass is 417 g/mol. The number of ether oxygens (including phenoxy) is 3. The van der Waals surface area contributed by atoms with Gasteiger partial charge in [-0.05, 0) is 43.2 Å². The zero-order valence-corrected chi connectivity index (χ0v) is 17.4. The van der Waals surface area contributed by atoms with Crippen LogP contribution in [0.5, 0.6) is 11.5 Å². The summed E-state index contributed by atoms with van der Waals surface area (Å²) in [5, 5.41) is 3.29. The molecule has 0 aromatic heterocycles. The molecule has 154 valence electrons. The van der Waals surface area contributed by atoms with Crippen LogP contribution in [0.2, 0.25) is 5.02 Å². The van der Waals surface area contributed by atoms with Crippen molar-refractivity contribution in [3.8, 4) is 11.5 Å². The minimum atomic E-state index is -0.662. The van der Waals surface area contributed by atoms with Gasteiger partial charge in [-0.2, -0.15) is 0 Å². The number of halogens is 1. The molecule has 1 atom stereocenters. The molecule has 1 N–H and O–H groups in total. The average Bonchev–Trinajstić information content (AvgIpc) is 2.71. The summed E-state index contributed by atoms with van der Waals surface area (Å²) in [5.41, 5.74) is 1.73. The number of carbonyl (C=O) groups excluding carboxylic acids is 2. The van der Waals surface area contributed by atoms with Gasteiger partial charge in [0.2, 0.25) is 0 Å². The number of carbonyl (C=O) groups is 2. The van der Waals surface area contributed by atoms with Crippen molar-refractivity contribution >= 4 is 29.6 Å². The number of amides is 1. The topological polar surface area (TPSA) is 73.9 Å². The van der Waals surface area contributed by atoms with Crippen molar-refractivity contribution in [2.24, 2.45) is 0 Å². The quantitative estimate of drug-likeness (QED) is 0.619. The number of hydrogen-bond donors (Lipinski definition) is 1. The van der Waals surface area contributed by atoms with Crippen molar-refractivity contribution in [3.63, 3.8) is 0 Å². The summed E-state index contributed by atoms with van der Waals surface area (Å²) in [5.74, 6) is -0.182. The molecule has 0 saturated carbocycles. The summed E-state index contributed by atoms with van der Waals surface area (Å²) in [6.45, 7) is 2.97. The van der Waals surface area contributed by atoms with E-state index in [1.807, 2.05) is 43.3 Å². The lowest BCUT2D eigenvalue weighted by Crippen LogP contribution is -2.32. The van der Waals surface area contributed by atoms with Crippen LogP contribution in [0.1, 0.15) is 31.0 Å². The predicted octanol–water partition coefficient (Wildman–Crippen LogP) is 4.18. The van der Waals surface area contributed by atoms with E-state index < -0.39 is 18.5 Å². The highest BCUT2D eigenvalue weighted by Gasteiger charge is 2.15. The molecule has 0 radical (unpaired) electrons. The molecular formula is C22H24ClNO5. The maximum absolute atomic E-state index is 12.0. The van der Waals surface area contributed by atoms with Crippen LogP contribution >= 0.6 is 11.6 Å². The lowest BCUT2D eigenvalue weighted by atomic mass is 10.1. The fourth-order valence-electron chi connectivity index (χ4n) is 2.61. The highest BCUT2D eigenvalue weighted by molar-refractivity contribution is 6.31. The first-order valence-electron chi connectivity index (χ1n) is 9.07. The molecule has 2 aromatic rings. The van der Waals surface area contributed by atoms with E-state index in [4.69, 9.17) is 25.8 Å². The first-order valence-corrected chi connectivity index (χ1v) is 9.45. The summed E-state index contributed by atoms with van der Waals surface area (Å²) in [4.78, 5) is 23.9. The van der Waals surface area contributed by atoms with E-state index >= 15 is 0 Å². The van der Waals surface area contributed by atoms with Crippen LogP contribution in [0.4, 0.5) is 0 Å². The van der Waals surface area contributed by atoms with E-state index in [9.17, 15) is 9.59 Å². The van der Waals surface area contributed by atoms with Crippen LogP contribution in [0, 0.1) is 0 Å². The molecule has 0 spiro atoms. The minimum Gasteiger partial charge on any atom is -0.493 e. The van der Waals surface area contributed by atoms with Crippen LogP contribution in [-0.4, -0.2) is 32.2 Å². The highest BCUT2D eigenvalue weighted by Crippen LogP contribution is 2.28. The van der Waals surface area contributed by atoms with Crippen LogP contribution in [0.25, 0.3) is 6.08 Å². The van der Waals surface area contributed by atoms with Gasteiger partial charge in [0.05, 0.1) is 13.2 Å². The second-order valence-electron chi connectivity index (χ2n) is 6.17. The Morgan fingerprint density at radius 1 is 1.14 bits per heavy atom. The van der Waals surface area contributed by atoms with Gasteiger partial charge < -0.3 is 19.5 Å². The molecule has 0 aliphatic rings. The molecule has 0 heterocycles. The van der Waals surface area contributed by atoms with Gasteiger partial charge in [-0.3, -0.25) is 4.79 Å². The number of esters is 1. The summed E-state index contributed by atoms with van der Waals surface area (Å²) in [6.07, 6.45) is 3.83. The first kappa shape index (κ1) is 22.3. The molecule has 6 nitrogen and oxygen atoms in total. The molecule has 7 heteroatoms. The zero-order chi connectivity index (χ0) is 21.2. The van der Waals surface area contributed by atoms with Crippen LogP contribution in [0.15, 0.2) is 48.5 Å². The molecule has 0 fully saturated rings. The Bertz CT molecular complexity index is 881. The first-order chi connectivity index (χ1) is 13.9. The van der Waals surface area contributed by atoms with Gasteiger partial charge in [0.25, 0.3) is 5.91 Å². The lowest BCUT2D eigenvalue weighted by Gasteiger charge is -2.16. The van der Waals surface area contributed by atoms with Crippen molar-refractivity contribution in [1.82, 2.24) is 5.32 Å². The normalized spacial score (nSPS) is 11.7. The standard InChI is InChI=1S/C22H24ClNO5/c1-4-7-16-10-11-19(20(12-16)27-3)28-14-22(26)29-13-21(25)24-15(2)17-8-5-6-9-18(17)23/h4-12,15H,13-14H2,1-3H3,(H,24,25)/b7-4+/t15-/m1/s1. The Kier molecular flexibility index (Phi) is 8.55. The van der Waals surface area contributed by atoms with E-state index in [2.05, 4.69) is 5.32 Å². The largest absolute Gasteiger partial charge is 0.493 e. The van der Waals surface area contributed by atoms with E-state index in [-0.39, 0.29) is 12.6 Å². The van der Waals surface area contributed by atoms with Crippen molar-refractivity contribution in [2.45, 2.75) is 19.9 Å². The van der Waals surface area contributed by atoms with E-state index in [1.165, 1.54) is 7.11 Å². The Balaban J connectivity index is 1.81. The van der Waals surface area contributed by atoms with Crippen molar-refractivity contribution in [2.75, 3.05) is 20.3 Å². The molecule has 2 aromatic carbocycles. The summed E-state index contributed by atoms with van der Waals surface area (Å²) >= 11 is 6.11. The van der Waals surface area contributed by atoms with E-state index in [0.717, 1.165) is 11.1 Å². The zero-order valence-electron chi connectivity index (χ0n) is 16.6. The number of nitrogens with one attached hydrogen (secondary N) is 1. The van der Waals surface area contributed by atoms with Gasteiger partial charge in [0.15, 0.2) is 24.7 Å². The third-order valence-electron chi connectivity index (χ3n) is 4.01. The molecule has 0 bridgehead atoms. The van der Waals surface area contributed by atoms with Gasteiger partial charge in [-0.1, -0.05) is 48.0 Å². The minimum absolute atomic E-state index is 0.314. The Hall–Kier alpha value is -2.99. The molecule has 0 unspecified atom stereocenters. The van der Waals surface area contributed by atoms with Gasteiger partial charge in [-0.15, -0.1) is 0 Å². The van der Waals surface area contributed by atoms with Crippen molar-refractivity contribution in [1.29, 1.82) is 0 Å². The Morgan fingerprint density at radius 2 is 1.90 bits per heavy atom. The summed E-state index contributed by atoms with van der Waals surface area (Å²) in [7, 11) is 1.52. The number of allylic oxidation sites excluding steroid dienone is 1. The van der Waals surface area contributed by atoms with Gasteiger partial charge >= 0.3 is 5.97 Å². The Morgan fingerprint density at radius 3 is 2.59 bits per heavy atom. The highest BCUT2D eigenvalue weighted by atomic mass is 35.5. The molecule has 29 heavy (non-hydrogen) atoms. The third-order valence-corrected chi connectivity index (χ3v) is 4.35. The predicted molar refractivity (Wildman–Crippen MR) is 112 cm³/mol. The number of hydrogen-bond acceptors (Lipinski definition) is 5. The van der Waals surface area contributed by atoms with Gasteiger partial charge in [0, 0.05) is 5.02 Å². The molecule has 0 saturated heterocycles. The lowest BCUT2D eigenvalue weighted by molar-refractivity contribution is -0.150. The Labute approximate surface area is 175 Å². The maximum Gasteiger partial charge on any atom is 0.344 e. The van der Waals surface area contributed by atoms with Crippen LogP contribution in [0.3, 0.4) is 0 Å². The summed E-state index contributed by atoms with van der Waals surface area (Å²) in [6, 6.07) is 12.2. The molecule has 0 aliphatic carbocycles. The smallest absolute Gasteiger partial charge is 0.344 e. The van der Waals surface area contributed by atoms with Crippen molar-refractivity contribution in [3.05, 3.63) is 64.7 Å². The molecular weight excluding hydrogens is 394 g/mol. The molecule has 0 aliphatic heterocycles. The summed E-state index contributed by atoms with van der Waals surface area (Å²) < 4.78 is 15.7. The SMILES string of the molecule is C/C=C/c1ccc(OCC(=O)OCC(=O)N[C@H](C)c2ccccc2Cl)c(OC)c1. The fraction of sp³-hybridized carbons (Fsp3) is 0.273. The maximum atomic E-state index is 12.0. The van der Waals surface area contributed by atoms with Crippen molar-refractivity contribution < 1.29 is 23.8 Å². The van der Waals surface area contributed by atoms with Gasteiger partial charge in [-0.25, -0.2) is 4.79 Å². The van der Waals surface area contributed by atoms with Crippen LogP contribution < -0.4 is 14.8 Å². The molecule has 2 rings (SSSR count). The molecule has 1 amide bonds. The van der Waals surface area contributed by atoms with E-state index in [1.54, 1.807) is 25.1 Å². The average molecular weight is 418 g/mol. The van der Waals surface area contributed by atoms with Crippen LogP contribution in [-0.2, 0) is 14.3 Å². The number of benzene rings is 2. The van der Waals surface area contributed by atoms with E-state index in [0.29, 0.717) is 16.5 Å². The fourth-order valence-corrected chi connectivity index (χ4v) is 2.91. The number of methoxy groups -OCH3 is 1. The second-order valence-corrected chi connectivity index (χ2v) is 6.58. The van der Waals surface area contributed by atoms with Gasteiger partial charge in [0.1, 0.15) is 0 Å². The number of rotatable bonds is 9. The second kappa shape index (κ2) is 11.1.